The van der Waals surface area contributed by atoms with Gasteiger partial charge in [-0.1, -0.05) is 12.8 Å². The number of aromatic nitrogens is 3. The van der Waals surface area contributed by atoms with Gasteiger partial charge in [-0.15, -0.1) is 0 Å². The molecule has 20 heteroatoms. The molecule has 8 rings (SSSR count). The first kappa shape index (κ1) is 58.1. The van der Waals surface area contributed by atoms with Gasteiger partial charge in [-0.25, -0.2) is 9.97 Å². The van der Waals surface area contributed by atoms with Crippen molar-refractivity contribution in [1.29, 1.82) is 0 Å². The zero-order valence-electron chi connectivity index (χ0n) is 46.0. The molecule has 2 aromatic heterocycles. The number of carbonyl (C=O) groups excluding carboxylic acids is 7. The quantitative estimate of drug-likeness (QED) is 0.0298. The summed E-state index contributed by atoms with van der Waals surface area (Å²) in [5.74, 6) is 1.58. The molecular formula is C57H81N13O7. The molecule has 5 fully saturated rings. The van der Waals surface area contributed by atoms with Gasteiger partial charge in [0.1, 0.15) is 24.0 Å². The number of carbonyl (C=O) groups is 7. The number of allylic oxidation sites excluding steroid dienone is 2. The number of ketones is 1. The Morgan fingerprint density at radius 1 is 0.805 bits per heavy atom. The van der Waals surface area contributed by atoms with Crippen LogP contribution in [0.1, 0.15) is 106 Å². The SMILES string of the molecule is CC(=O)/C(C=O)=C(\C)c1cnc(Nc2ccc(N3CCN(C(CCNC=O)CCN4CCC(CCN5CCN(c6ccc(C=O)c(C)c6)CC5)CC4)CC3)cn2)nc1N(C)C1CCCC1.CN(C=O)C1CCC(=O)NC1=O. The van der Waals surface area contributed by atoms with Crippen LogP contribution in [0, 0.1) is 12.8 Å². The van der Waals surface area contributed by atoms with E-state index in [4.69, 9.17) is 9.97 Å². The molecule has 1 saturated carbocycles. The van der Waals surface area contributed by atoms with Crippen LogP contribution in [-0.4, -0.2) is 195 Å². The Kier molecular flexibility index (Phi) is 21.6. The number of likely N-dealkylation sites (N-methyl/N-ethyl adjacent to an activating group) is 1. The van der Waals surface area contributed by atoms with Gasteiger partial charge in [0.05, 0.1) is 17.5 Å². The first-order chi connectivity index (χ1) is 37.3. The summed E-state index contributed by atoms with van der Waals surface area (Å²) in [4.78, 5) is 109. The molecule has 2 atom stereocenters. The van der Waals surface area contributed by atoms with Crippen LogP contribution < -0.4 is 30.7 Å². The van der Waals surface area contributed by atoms with Crippen LogP contribution in [0.25, 0.3) is 5.57 Å². The van der Waals surface area contributed by atoms with Gasteiger partial charge in [0.15, 0.2) is 12.1 Å². The van der Waals surface area contributed by atoms with Gasteiger partial charge in [0.2, 0.25) is 30.6 Å². The summed E-state index contributed by atoms with van der Waals surface area (Å²) in [5, 5.41) is 8.37. The number of anilines is 5. The standard InChI is InChI=1S/C50H71N11O4.C7H10N2O3/c1-37-31-44(10-9-41(37)34-62)60-25-23-58(24-26-60)21-16-40-14-19-57(20-15-40)22-17-43(13-18-51-36-64)59-27-29-61(30-28-59)45-11-12-48(52-32-45)54-50-53-33-46(38(2)47(35-63)39(3)65)49(55-50)56(4)42-7-5-6-8-42;1-9(4-10)5-2-3-6(11)8-7(5)12/h9-12,31-36,40,42-43H,5-8,13-30H2,1-4H3,(H,51,64)(H,52,53,54,55);4-5H,2-3H2,1H3,(H,8,11,12)/b47-38+;. The van der Waals surface area contributed by atoms with Gasteiger partial charge in [-0.05, 0) is 146 Å². The van der Waals surface area contributed by atoms with E-state index in [1.807, 2.05) is 32.3 Å². The Morgan fingerprint density at radius 2 is 1.49 bits per heavy atom. The fourth-order valence-electron chi connectivity index (χ4n) is 11.5. The summed E-state index contributed by atoms with van der Waals surface area (Å²) in [5.41, 5.74) is 5.50. The Balaban J connectivity index is 0.000000633. The van der Waals surface area contributed by atoms with Crippen LogP contribution in [-0.2, 0) is 28.8 Å². The molecule has 3 N–H and O–H groups in total. The van der Waals surface area contributed by atoms with Crippen molar-refractivity contribution in [3.05, 3.63) is 65.0 Å². The van der Waals surface area contributed by atoms with Crippen molar-refractivity contribution in [3.63, 3.8) is 0 Å². The third-order valence-corrected chi connectivity index (χ3v) is 16.5. The minimum atomic E-state index is -0.486. The van der Waals surface area contributed by atoms with Crippen LogP contribution >= 0.6 is 0 Å². The summed E-state index contributed by atoms with van der Waals surface area (Å²) in [6.07, 6.45) is 17.6. The van der Waals surface area contributed by atoms with E-state index in [0.29, 0.717) is 72.9 Å². The Hall–Kier alpha value is -6.64. The third-order valence-electron chi connectivity index (χ3n) is 16.5. The molecule has 1 aromatic carbocycles. The molecule has 0 bridgehead atoms. The van der Waals surface area contributed by atoms with Crippen LogP contribution in [0.2, 0.25) is 0 Å². The monoisotopic (exact) mass is 1060 g/mol. The molecule has 0 spiro atoms. The zero-order valence-corrected chi connectivity index (χ0v) is 46.0. The average Bonchev–Trinajstić information content (AvgIpc) is 4.00. The first-order valence-electron chi connectivity index (χ1n) is 27.7. The predicted octanol–water partition coefficient (Wildman–Crippen LogP) is 4.50. The normalized spacial score (nSPS) is 19.8. The average molecular weight is 1060 g/mol. The molecule has 4 saturated heterocycles. The fourth-order valence-corrected chi connectivity index (χ4v) is 11.5. The Bertz CT molecular complexity index is 2510. The van der Waals surface area contributed by atoms with Gasteiger partial charge in [-0.2, -0.15) is 4.98 Å². The number of hydrogen-bond acceptors (Lipinski definition) is 17. The highest BCUT2D eigenvalue weighted by Crippen LogP contribution is 2.33. The Labute approximate surface area is 454 Å². The van der Waals surface area contributed by atoms with Gasteiger partial charge in [-0.3, -0.25) is 48.7 Å². The highest BCUT2D eigenvalue weighted by Gasteiger charge is 2.30. The van der Waals surface area contributed by atoms with Crippen LogP contribution in [0.15, 0.2) is 48.3 Å². The lowest BCUT2D eigenvalue weighted by Gasteiger charge is -2.41. The second-order valence-corrected chi connectivity index (χ2v) is 21.3. The van der Waals surface area contributed by atoms with Crippen molar-refractivity contribution in [2.75, 3.05) is 119 Å². The highest BCUT2D eigenvalue weighted by molar-refractivity contribution is 6.17. The van der Waals surface area contributed by atoms with E-state index in [2.05, 4.69) is 68.5 Å². The molecule has 0 radical (unpaired) electrons. The summed E-state index contributed by atoms with van der Waals surface area (Å²) < 4.78 is 0. The summed E-state index contributed by atoms with van der Waals surface area (Å²) in [6.45, 7) is 18.4. The van der Waals surface area contributed by atoms with Crippen molar-refractivity contribution >= 4 is 77.5 Å². The molecular weight excluding hydrogens is 979 g/mol. The second-order valence-electron chi connectivity index (χ2n) is 21.3. The molecule has 77 heavy (non-hydrogen) atoms. The van der Waals surface area contributed by atoms with E-state index in [1.165, 1.54) is 50.4 Å². The molecule has 6 heterocycles. The van der Waals surface area contributed by atoms with Crippen LogP contribution in [0.5, 0.6) is 0 Å². The zero-order chi connectivity index (χ0) is 54.8. The number of amides is 4. The maximum absolute atomic E-state index is 12.3. The largest absolute Gasteiger partial charge is 0.369 e. The van der Waals surface area contributed by atoms with Crippen LogP contribution in [0.4, 0.5) is 29.0 Å². The summed E-state index contributed by atoms with van der Waals surface area (Å²) in [7, 11) is 3.55. The highest BCUT2D eigenvalue weighted by atomic mass is 16.2. The van der Waals surface area contributed by atoms with Crippen molar-refractivity contribution in [1.82, 2.24) is 45.2 Å². The number of imide groups is 1. The number of rotatable bonds is 23. The topological polar surface area (TPSA) is 217 Å². The molecule has 20 nitrogen and oxygen atoms in total. The molecule has 5 aliphatic rings. The molecule has 4 amide bonds. The third kappa shape index (κ3) is 16.0. The maximum atomic E-state index is 12.3. The number of pyridine rings is 1. The number of piperazine rings is 2. The van der Waals surface area contributed by atoms with E-state index < -0.39 is 6.04 Å². The molecule has 1 aliphatic carbocycles. The smallest absolute Gasteiger partial charge is 0.249 e. The molecule has 416 valence electrons. The van der Waals surface area contributed by atoms with E-state index >= 15 is 0 Å². The van der Waals surface area contributed by atoms with E-state index in [9.17, 15) is 33.6 Å². The first-order valence-corrected chi connectivity index (χ1v) is 27.7. The van der Waals surface area contributed by atoms with Gasteiger partial charge >= 0.3 is 0 Å². The van der Waals surface area contributed by atoms with E-state index in [-0.39, 0.29) is 23.2 Å². The number of likely N-dealkylation sites (tertiary alicyclic amines) is 1. The maximum Gasteiger partial charge on any atom is 0.249 e. The van der Waals surface area contributed by atoms with E-state index in [0.717, 1.165) is 146 Å². The number of nitrogens with one attached hydrogen (secondary N) is 3. The predicted molar refractivity (Wildman–Crippen MR) is 299 cm³/mol. The van der Waals surface area contributed by atoms with Crippen molar-refractivity contribution in [2.45, 2.75) is 110 Å². The minimum Gasteiger partial charge on any atom is -0.369 e. The molecule has 4 aliphatic heterocycles. The van der Waals surface area contributed by atoms with Gasteiger partial charge in [0.25, 0.3) is 0 Å². The lowest BCUT2D eigenvalue weighted by atomic mass is 9.93. The van der Waals surface area contributed by atoms with Crippen molar-refractivity contribution in [2.24, 2.45) is 5.92 Å². The molecule has 2 unspecified atom stereocenters. The number of benzene rings is 1. The van der Waals surface area contributed by atoms with Crippen molar-refractivity contribution < 1.29 is 33.6 Å². The number of aldehydes is 2. The fraction of sp³-hybridized carbons (Fsp3) is 0.579. The lowest BCUT2D eigenvalue weighted by Crippen LogP contribution is -2.51. The van der Waals surface area contributed by atoms with Crippen molar-refractivity contribution in [3.8, 4) is 0 Å². The number of nitrogens with zero attached hydrogens (tertiary/aromatic N) is 10. The number of aryl methyl sites for hydroxylation is 1. The minimum absolute atomic E-state index is 0.135. The molecule has 3 aromatic rings. The van der Waals surface area contributed by atoms with Gasteiger partial charge < -0.3 is 35.1 Å². The summed E-state index contributed by atoms with van der Waals surface area (Å²) >= 11 is 0. The number of hydrogen-bond donors (Lipinski definition) is 3. The Morgan fingerprint density at radius 3 is 2.12 bits per heavy atom. The number of Topliss-reactive ketones (excluding diaryl/α,β-unsaturated/α-hetero) is 1. The lowest BCUT2D eigenvalue weighted by molar-refractivity contribution is -0.140. The van der Waals surface area contributed by atoms with E-state index in [1.54, 1.807) is 13.1 Å². The van der Waals surface area contributed by atoms with Crippen LogP contribution in [0.3, 0.4) is 0 Å². The van der Waals surface area contributed by atoms with Gasteiger partial charge in [0, 0.05) is 115 Å². The number of piperidine rings is 2. The summed E-state index contributed by atoms with van der Waals surface area (Å²) in [6, 6.07) is 10.5. The second kappa shape index (κ2) is 28.7.